The van der Waals surface area contributed by atoms with E-state index in [1.165, 1.54) is 4.90 Å². The molecular formula is C18H26N2O5. The molecule has 2 amide bonds. The number of likely N-dealkylation sites (N-methyl/N-ethyl adjacent to an activating group) is 1. The minimum atomic E-state index is -1.01. The molecule has 0 saturated carbocycles. The highest BCUT2D eigenvalue weighted by molar-refractivity contribution is 5.84. The zero-order valence-corrected chi connectivity index (χ0v) is 15.4. The van der Waals surface area contributed by atoms with Gasteiger partial charge in [-0.25, -0.2) is 4.79 Å². The van der Waals surface area contributed by atoms with Gasteiger partial charge in [0.1, 0.15) is 5.60 Å². The van der Waals surface area contributed by atoms with Crippen LogP contribution in [0.15, 0.2) is 30.3 Å². The number of esters is 1. The van der Waals surface area contributed by atoms with Gasteiger partial charge in [-0.2, -0.15) is 0 Å². The molecular weight excluding hydrogens is 324 g/mol. The number of hydrogen-bond donors (Lipinski definition) is 1. The van der Waals surface area contributed by atoms with Gasteiger partial charge in [0.15, 0.2) is 0 Å². The maximum absolute atomic E-state index is 12.3. The lowest BCUT2D eigenvalue weighted by atomic mass is 10.1. The van der Waals surface area contributed by atoms with E-state index in [2.05, 4.69) is 5.32 Å². The molecule has 1 atom stereocenters. The van der Waals surface area contributed by atoms with Gasteiger partial charge in [-0.1, -0.05) is 30.3 Å². The van der Waals surface area contributed by atoms with Crippen LogP contribution in [-0.2, 0) is 19.1 Å². The summed E-state index contributed by atoms with van der Waals surface area (Å²) in [4.78, 5) is 37.2. The van der Waals surface area contributed by atoms with Crippen molar-refractivity contribution in [3.05, 3.63) is 35.9 Å². The zero-order chi connectivity index (χ0) is 19.0. The average molecular weight is 350 g/mol. The van der Waals surface area contributed by atoms with Crippen LogP contribution in [0.1, 0.15) is 38.9 Å². The van der Waals surface area contributed by atoms with Gasteiger partial charge in [0.25, 0.3) is 5.91 Å². The molecule has 0 aliphatic carbocycles. The van der Waals surface area contributed by atoms with E-state index in [9.17, 15) is 14.4 Å². The monoisotopic (exact) mass is 350 g/mol. The molecule has 0 spiro atoms. The van der Waals surface area contributed by atoms with Crippen molar-refractivity contribution < 1.29 is 23.9 Å². The minimum absolute atomic E-state index is 0.0609. The first-order valence-electron chi connectivity index (χ1n) is 8.02. The zero-order valence-electron chi connectivity index (χ0n) is 15.4. The first-order chi connectivity index (χ1) is 11.6. The highest BCUT2D eigenvalue weighted by Gasteiger charge is 2.26. The van der Waals surface area contributed by atoms with Crippen LogP contribution in [0.25, 0.3) is 0 Å². The number of amides is 2. The molecule has 7 nitrogen and oxygen atoms in total. The largest absolute Gasteiger partial charge is 0.447 e. The molecule has 1 N–H and O–H groups in total. The SMILES string of the molecule is CN(C)C(=O)[C@H](OC(=O)CCNC(=O)OC(C)(C)C)c1ccccc1. The normalized spacial score (nSPS) is 12.0. The Kier molecular flexibility index (Phi) is 7.42. The minimum Gasteiger partial charge on any atom is -0.447 e. The lowest BCUT2D eigenvalue weighted by Crippen LogP contribution is -2.34. The fourth-order valence-corrected chi connectivity index (χ4v) is 1.89. The Labute approximate surface area is 148 Å². The molecule has 0 radical (unpaired) electrons. The standard InChI is InChI=1S/C18H26N2O5/c1-18(2,3)25-17(23)19-12-11-14(21)24-15(16(22)20(4)5)13-9-7-6-8-10-13/h6-10,15H,11-12H2,1-5H3,(H,19,23)/t15-/m1/s1. The number of nitrogens with zero attached hydrogens (tertiary/aromatic N) is 1. The number of rotatable bonds is 6. The molecule has 1 rings (SSSR count). The van der Waals surface area contributed by atoms with Crippen LogP contribution in [0.4, 0.5) is 4.79 Å². The van der Waals surface area contributed by atoms with Gasteiger partial charge in [-0.05, 0) is 20.8 Å². The highest BCUT2D eigenvalue weighted by atomic mass is 16.6. The summed E-state index contributed by atoms with van der Waals surface area (Å²) in [5.74, 6) is -0.917. The number of carbonyl (C=O) groups is 3. The summed E-state index contributed by atoms with van der Waals surface area (Å²) in [6.45, 7) is 5.31. The van der Waals surface area contributed by atoms with Gasteiger partial charge < -0.3 is 19.7 Å². The molecule has 0 bridgehead atoms. The predicted molar refractivity (Wildman–Crippen MR) is 92.8 cm³/mol. The van der Waals surface area contributed by atoms with Crippen molar-refractivity contribution in [3.8, 4) is 0 Å². The Bertz CT molecular complexity index is 593. The quantitative estimate of drug-likeness (QED) is 0.796. The lowest BCUT2D eigenvalue weighted by Gasteiger charge is -2.21. The highest BCUT2D eigenvalue weighted by Crippen LogP contribution is 2.20. The van der Waals surface area contributed by atoms with Gasteiger partial charge in [-0.3, -0.25) is 9.59 Å². The Hall–Kier alpha value is -2.57. The van der Waals surface area contributed by atoms with E-state index in [0.717, 1.165) is 0 Å². The number of benzene rings is 1. The van der Waals surface area contributed by atoms with Gasteiger partial charge in [0, 0.05) is 26.2 Å². The molecule has 0 aliphatic rings. The van der Waals surface area contributed by atoms with Crippen LogP contribution < -0.4 is 5.32 Å². The van der Waals surface area contributed by atoms with Gasteiger partial charge in [0.05, 0.1) is 6.42 Å². The summed E-state index contributed by atoms with van der Waals surface area (Å²) in [6.07, 6.45) is -1.68. The molecule has 0 aromatic heterocycles. The summed E-state index contributed by atoms with van der Waals surface area (Å²) in [5.41, 5.74) is -0.0177. The third-order valence-corrected chi connectivity index (χ3v) is 3.01. The summed E-state index contributed by atoms with van der Waals surface area (Å²) in [7, 11) is 3.19. The number of nitrogens with one attached hydrogen (secondary N) is 1. The van der Waals surface area contributed by atoms with Crippen molar-refractivity contribution in [3.63, 3.8) is 0 Å². The van der Waals surface area contributed by atoms with Crippen molar-refractivity contribution in [2.75, 3.05) is 20.6 Å². The Morgan fingerprint density at radius 3 is 2.24 bits per heavy atom. The van der Waals surface area contributed by atoms with E-state index in [0.29, 0.717) is 5.56 Å². The van der Waals surface area contributed by atoms with Gasteiger partial charge in [-0.15, -0.1) is 0 Å². The molecule has 7 heteroatoms. The number of hydrogen-bond acceptors (Lipinski definition) is 5. The van der Waals surface area contributed by atoms with E-state index in [-0.39, 0.29) is 18.9 Å². The van der Waals surface area contributed by atoms with Crippen LogP contribution in [0, 0.1) is 0 Å². The molecule has 0 heterocycles. The van der Waals surface area contributed by atoms with E-state index >= 15 is 0 Å². The van der Waals surface area contributed by atoms with Gasteiger partial charge >= 0.3 is 12.1 Å². The van der Waals surface area contributed by atoms with Crippen molar-refractivity contribution in [2.24, 2.45) is 0 Å². The van der Waals surface area contributed by atoms with E-state index in [4.69, 9.17) is 9.47 Å². The van der Waals surface area contributed by atoms with E-state index in [1.807, 2.05) is 6.07 Å². The molecule has 138 valence electrons. The summed E-state index contributed by atoms with van der Waals surface area (Å²) < 4.78 is 10.4. The molecule has 25 heavy (non-hydrogen) atoms. The van der Waals surface area contributed by atoms with Crippen LogP contribution in [-0.4, -0.2) is 49.1 Å². The predicted octanol–water partition coefficient (Wildman–Crippen LogP) is 2.27. The number of carbonyl (C=O) groups excluding carboxylic acids is 3. The van der Waals surface area contributed by atoms with Crippen LogP contribution >= 0.6 is 0 Å². The molecule has 0 saturated heterocycles. The fraction of sp³-hybridized carbons (Fsp3) is 0.500. The van der Waals surface area contributed by atoms with Crippen LogP contribution in [0.3, 0.4) is 0 Å². The summed E-state index contributed by atoms with van der Waals surface area (Å²) in [5, 5.41) is 2.48. The second-order valence-corrected chi connectivity index (χ2v) is 6.69. The molecule has 1 aromatic rings. The van der Waals surface area contributed by atoms with Crippen molar-refractivity contribution in [1.29, 1.82) is 0 Å². The maximum atomic E-state index is 12.3. The van der Waals surface area contributed by atoms with Crippen LogP contribution in [0.2, 0.25) is 0 Å². The topological polar surface area (TPSA) is 84.9 Å². The second kappa shape index (κ2) is 9.05. The third-order valence-electron chi connectivity index (χ3n) is 3.01. The van der Waals surface area contributed by atoms with Crippen molar-refractivity contribution >= 4 is 18.0 Å². The van der Waals surface area contributed by atoms with Crippen molar-refractivity contribution in [1.82, 2.24) is 10.2 Å². The first kappa shape index (κ1) is 20.5. The fourth-order valence-electron chi connectivity index (χ4n) is 1.89. The Balaban J connectivity index is 2.59. The van der Waals surface area contributed by atoms with E-state index < -0.39 is 23.8 Å². The average Bonchev–Trinajstić information content (AvgIpc) is 2.51. The van der Waals surface area contributed by atoms with E-state index in [1.54, 1.807) is 59.1 Å². The first-order valence-corrected chi connectivity index (χ1v) is 8.02. The molecule has 0 unspecified atom stereocenters. The maximum Gasteiger partial charge on any atom is 0.407 e. The smallest absolute Gasteiger partial charge is 0.407 e. The molecule has 0 fully saturated rings. The number of alkyl carbamates (subject to hydrolysis) is 1. The number of ether oxygens (including phenoxy) is 2. The third kappa shape index (κ3) is 7.69. The van der Waals surface area contributed by atoms with Crippen molar-refractivity contribution in [2.45, 2.75) is 38.9 Å². The Morgan fingerprint density at radius 1 is 1.12 bits per heavy atom. The molecule has 0 aliphatic heterocycles. The second-order valence-electron chi connectivity index (χ2n) is 6.69. The van der Waals surface area contributed by atoms with Gasteiger partial charge in [0.2, 0.25) is 6.10 Å². The molecule has 1 aromatic carbocycles. The lowest BCUT2D eigenvalue weighted by molar-refractivity contribution is -0.159. The summed E-state index contributed by atoms with van der Waals surface area (Å²) in [6, 6.07) is 8.79. The summed E-state index contributed by atoms with van der Waals surface area (Å²) >= 11 is 0. The Morgan fingerprint density at radius 2 is 1.72 bits per heavy atom. The van der Waals surface area contributed by atoms with Crippen LogP contribution in [0.5, 0.6) is 0 Å².